The number of fused-ring (bicyclic) bond motifs is 1. The molecule has 6 heteroatoms. The lowest BCUT2D eigenvalue weighted by Gasteiger charge is -2.19. The number of methoxy groups -OCH3 is 2. The van der Waals surface area contributed by atoms with Crippen molar-refractivity contribution in [3.63, 3.8) is 0 Å². The Kier molecular flexibility index (Phi) is 5.71. The van der Waals surface area contributed by atoms with Crippen LogP contribution < -0.4 is 4.74 Å². The van der Waals surface area contributed by atoms with Crippen molar-refractivity contribution in [1.82, 2.24) is 14.8 Å². The van der Waals surface area contributed by atoms with Crippen molar-refractivity contribution in [2.45, 2.75) is 19.3 Å². The fourth-order valence-electron chi connectivity index (χ4n) is 3.87. The van der Waals surface area contributed by atoms with E-state index in [1.165, 1.54) is 7.11 Å². The molecule has 0 fully saturated rings. The summed E-state index contributed by atoms with van der Waals surface area (Å²) in [5.41, 5.74) is 6.02. The van der Waals surface area contributed by atoms with Crippen LogP contribution in [0.15, 0.2) is 61.1 Å². The van der Waals surface area contributed by atoms with E-state index >= 15 is 0 Å². The molecule has 31 heavy (non-hydrogen) atoms. The van der Waals surface area contributed by atoms with Crippen LogP contribution in [-0.2, 0) is 16.6 Å². The molecule has 2 aromatic heterocycles. The molecule has 0 aliphatic heterocycles. The predicted octanol–water partition coefficient (Wildman–Crippen LogP) is 4.65. The second-order valence-electron chi connectivity index (χ2n) is 7.70. The fraction of sp³-hybridized carbons (Fsp3) is 0.240. The number of esters is 1. The molecule has 4 rings (SSSR count). The van der Waals surface area contributed by atoms with Gasteiger partial charge in [-0.15, -0.1) is 0 Å². The van der Waals surface area contributed by atoms with Gasteiger partial charge in [0.15, 0.2) is 0 Å². The van der Waals surface area contributed by atoms with Crippen molar-refractivity contribution in [1.29, 1.82) is 0 Å². The Morgan fingerprint density at radius 1 is 1.03 bits per heavy atom. The molecule has 0 saturated heterocycles. The number of carbonyl (C=O) groups is 1. The van der Waals surface area contributed by atoms with Crippen LogP contribution in [0, 0.1) is 6.92 Å². The Bertz CT molecular complexity index is 1250. The number of aryl methyl sites for hydroxylation is 2. The third-order valence-corrected chi connectivity index (χ3v) is 5.46. The first-order chi connectivity index (χ1) is 15.0. The molecule has 4 aromatic rings. The first kappa shape index (κ1) is 20.6. The van der Waals surface area contributed by atoms with E-state index in [1.807, 2.05) is 56.8 Å². The number of carbonyl (C=O) groups excluding carboxylic acids is 1. The van der Waals surface area contributed by atoms with Gasteiger partial charge in [-0.25, -0.2) is 0 Å². The molecular weight excluding hydrogens is 390 g/mol. The average molecular weight is 415 g/mol. The molecule has 2 heterocycles. The van der Waals surface area contributed by atoms with Crippen LogP contribution in [0.1, 0.15) is 29.0 Å². The summed E-state index contributed by atoms with van der Waals surface area (Å²) >= 11 is 0. The largest absolute Gasteiger partial charge is 0.497 e. The lowest BCUT2D eigenvalue weighted by molar-refractivity contribution is -0.140. The van der Waals surface area contributed by atoms with E-state index in [9.17, 15) is 4.79 Å². The van der Waals surface area contributed by atoms with Crippen molar-refractivity contribution in [3.05, 3.63) is 77.7 Å². The summed E-state index contributed by atoms with van der Waals surface area (Å²) in [6, 6.07) is 14.3. The topological polar surface area (TPSA) is 66.2 Å². The van der Waals surface area contributed by atoms with Gasteiger partial charge in [0.25, 0.3) is 0 Å². The number of aromatic nitrogens is 3. The lowest BCUT2D eigenvalue weighted by atomic mass is 9.87. The van der Waals surface area contributed by atoms with Crippen molar-refractivity contribution in [2.75, 3.05) is 14.2 Å². The minimum atomic E-state index is -0.257. The second kappa shape index (κ2) is 8.60. The predicted molar refractivity (Wildman–Crippen MR) is 120 cm³/mol. The van der Waals surface area contributed by atoms with Crippen LogP contribution in [0.25, 0.3) is 22.0 Å². The van der Waals surface area contributed by atoms with Gasteiger partial charge in [0.1, 0.15) is 5.75 Å². The number of ether oxygens (including phenoxy) is 2. The van der Waals surface area contributed by atoms with E-state index in [0.29, 0.717) is 0 Å². The first-order valence-electron chi connectivity index (χ1n) is 10.1. The Hall–Kier alpha value is -3.67. The summed E-state index contributed by atoms with van der Waals surface area (Å²) in [4.78, 5) is 16.8. The van der Waals surface area contributed by atoms with Crippen LogP contribution in [0.4, 0.5) is 0 Å². The Labute approximate surface area is 181 Å². The van der Waals surface area contributed by atoms with Gasteiger partial charge in [-0.3, -0.25) is 14.5 Å². The van der Waals surface area contributed by atoms with E-state index < -0.39 is 0 Å². The molecule has 0 amide bonds. The molecule has 2 aromatic carbocycles. The average Bonchev–Trinajstić information content (AvgIpc) is 3.22. The number of hydrogen-bond donors (Lipinski definition) is 0. The van der Waals surface area contributed by atoms with Crippen LogP contribution in [-0.4, -0.2) is 35.0 Å². The third-order valence-electron chi connectivity index (χ3n) is 5.46. The molecule has 0 radical (unpaired) electrons. The maximum atomic E-state index is 12.2. The zero-order valence-electron chi connectivity index (χ0n) is 18.1. The van der Waals surface area contributed by atoms with E-state index in [0.717, 1.165) is 44.5 Å². The molecule has 0 spiro atoms. The Morgan fingerprint density at radius 2 is 1.87 bits per heavy atom. The second-order valence-corrected chi connectivity index (χ2v) is 7.70. The van der Waals surface area contributed by atoms with Gasteiger partial charge >= 0.3 is 5.97 Å². The molecular formula is C25H25N3O3. The van der Waals surface area contributed by atoms with Crippen LogP contribution >= 0.6 is 0 Å². The molecule has 158 valence electrons. The quantitative estimate of drug-likeness (QED) is 0.429. The highest BCUT2D eigenvalue weighted by molar-refractivity contribution is 5.84. The summed E-state index contributed by atoms with van der Waals surface area (Å²) in [6.45, 7) is 2.02. The summed E-state index contributed by atoms with van der Waals surface area (Å²) in [5.74, 6) is 0.353. The van der Waals surface area contributed by atoms with Crippen molar-refractivity contribution < 1.29 is 14.3 Å². The van der Waals surface area contributed by atoms with Gasteiger partial charge < -0.3 is 9.47 Å². The van der Waals surface area contributed by atoms with Gasteiger partial charge in [-0.05, 0) is 53.9 Å². The van der Waals surface area contributed by atoms with E-state index in [-0.39, 0.29) is 18.3 Å². The van der Waals surface area contributed by atoms with Crippen molar-refractivity contribution in [2.24, 2.45) is 7.05 Å². The Morgan fingerprint density at radius 3 is 2.58 bits per heavy atom. The van der Waals surface area contributed by atoms with E-state index in [2.05, 4.69) is 28.3 Å². The molecule has 0 aliphatic rings. The summed E-state index contributed by atoms with van der Waals surface area (Å²) in [5, 5.41) is 5.26. The standard InChI is InChI=1S/C25H25N3O3/c1-16-7-18(11-22(8-16)30-3)23(12-25(29)31-4)17-5-6-24-19(9-17)10-20(13-26-24)21-14-27-28(2)15-21/h5-11,13-15,23H,12H2,1-4H3. The number of nitrogens with zero attached hydrogens (tertiary/aromatic N) is 3. The van der Waals surface area contributed by atoms with Gasteiger partial charge in [0, 0.05) is 41.9 Å². The van der Waals surface area contributed by atoms with E-state index in [1.54, 1.807) is 11.8 Å². The SMILES string of the molecule is COC(=O)CC(c1cc(C)cc(OC)c1)c1ccc2ncc(-c3cnn(C)c3)cc2c1. The molecule has 0 N–H and O–H groups in total. The summed E-state index contributed by atoms with van der Waals surface area (Å²) in [6.07, 6.45) is 5.89. The summed E-state index contributed by atoms with van der Waals surface area (Å²) in [7, 11) is 4.96. The molecule has 0 aliphatic carbocycles. The highest BCUT2D eigenvalue weighted by atomic mass is 16.5. The van der Waals surface area contributed by atoms with E-state index in [4.69, 9.17) is 9.47 Å². The minimum Gasteiger partial charge on any atom is -0.497 e. The fourth-order valence-corrected chi connectivity index (χ4v) is 3.87. The molecule has 1 atom stereocenters. The summed E-state index contributed by atoms with van der Waals surface area (Å²) < 4.78 is 12.2. The molecule has 0 bridgehead atoms. The normalized spacial score (nSPS) is 12.0. The highest BCUT2D eigenvalue weighted by Gasteiger charge is 2.20. The van der Waals surface area contributed by atoms with Crippen LogP contribution in [0.2, 0.25) is 0 Å². The number of hydrogen-bond acceptors (Lipinski definition) is 5. The number of pyridine rings is 1. The van der Waals surface area contributed by atoms with Gasteiger partial charge in [0.2, 0.25) is 0 Å². The zero-order chi connectivity index (χ0) is 22.0. The minimum absolute atomic E-state index is 0.160. The highest BCUT2D eigenvalue weighted by Crippen LogP contribution is 2.34. The monoisotopic (exact) mass is 415 g/mol. The third kappa shape index (κ3) is 4.43. The van der Waals surface area contributed by atoms with Crippen molar-refractivity contribution >= 4 is 16.9 Å². The molecule has 6 nitrogen and oxygen atoms in total. The van der Waals surface area contributed by atoms with Crippen LogP contribution in [0.3, 0.4) is 0 Å². The lowest BCUT2D eigenvalue weighted by Crippen LogP contribution is -2.10. The zero-order valence-corrected chi connectivity index (χ0v) is 18.1. The molecule has 0 saturated carbocycles. The number of benzene rings is 2. The van der Waals surface area contributed by atoms with Crippen LogP contribution in [0.5, 0.6) is 5.75 Å². The van der Waals surface area contributed by atoms with Gasteiger partial charge in [-0.1, -0.05) is 12.1 Å². The van der Waals surface area contributed by atoms with Gasteiger partial charge in [-0.2, -0.15) is 5.10 Å². The maximum Gasteiger partial charge on any atom is 0.306 e. The first-order valence-corrected chi connectivity index (χ1v) is 10.1. The van der Waals surface area contributed by atoms with Crippen molar-refractivity contribution in [3.8, 4) is 16.9 Å². The Balaban J connectivity index is 1.81. The molecule has 1 unspecified atom stereocenters. The smallest absolute Gasteiger partial charge is 0.306 e. The van der Waals surface area contributed by atoms with Gasteiger partial charge in [0.05, 0.1) is 32.4 Å². The number of rotatable bonds is 6. The maximum absolute atomic E-state index is 12.2.